The van der Waals surface area contributed by atoms with Crippen molar-refractivity contribution in [2.75, 3.05) is 6.61 Å². The summed E-state index contributed by atoms with van der Waals surface area (Å²) in [5, 5.41) is 0. The molecule has 0 saturated heterocycles. The Labute approximate surface area is 72.2 Å². The molecule has 1 nitrogen and oxygen atoms in total. The standard InChI is InChI=1S/C10H12FO/c1-2-12-10-5-3-9(4-6-10)7-8-11/h3-6,8H,2,7H2,1H3. The van der Waals surface area contributed by atoms with Gasteiger partial charge in [-0.1, -0.05) is 12.1 Å². The second-order valence-corrected chi connectivity index (χ2v) is 2.44. The zero-order valence-electron chi connectivity index (χ0n) is 7.09. The summed E-state index contributed by atoms with van der Waals surface area (Å²) < 4.78 is 17.0. The van der Waals surface area contributed by atoms with E-state index in [9.17, 15) is 4.39 Å². The number of halogens is 1. The van der Waals surface area contributed by atoms with Crippen molar-refractivity contribution in [3.63, 3.8) is 0 Å². The molecule has 0 fully saturated rings. The van der Waals surface area contributed by atoms with Crippen LogP contribution in [0.15, 0.2) is 24.3 Å². The summed E-state index contributed by atoms with van der Waals surface area (Å²) in [4.78, 5) is 0. The van der Waals surface area contributed by atoms with Gasteiger partial charge in [-0.2, -0.15) is 0 Å². The molecule has 1 rings (SSSR count). The first-order chi connectivity index (χ1) is 5.86. The fraction of sp³-hybridized carbons (Fsp3) is 0.300. The summed E-state index contributed by atoms with van der Waals surface area (Å²) in [6.45, 7) is 3.24. The maximum absolute atomic E-state index is 11.8. The number of hydrogen-bond acceptors (Lipinski definition) is 1. The van der Waals surface area contributed by atoms with E-state index in [-0.39, 0.29) is 0 Å². The molecular formula is C10H12FO. The van der Waals surface area contributed by atoms with Gasteiger partial charge in [0.05, 0.1) is 6.61 Å². The average molecular weight is 167 g/mol. The van der Waals surface area contributed by atoms with Crippen LogP contribution in [0.5, 0.6) is 5.75 Å². The Hall–Kier alpha value is -1.05. The molecule has 0 bridgehead atoms. The minimum absolute atomic E-state index is 0.367. The molecule has 0 atom stereocenters. The first kappa shape index (κ1) is 9.04. The average Bonchev–Trinajstić information content (AvgIpc) is 2.09. The van der Waals surface area contributed by atoms with Crippen LogP contribution in [0, 0.1) is 6.67 Å². The molecule has 1 radical (unpaired) electrons. The predicted octanol–water partition coefficient (Wildman–Crippen LogP) is 2.76. The monoisotopic (exact) mass is 167 g/mol. The number of rotatable bonds is 4. The summed E-state index contributed by atoms with van der Waals surface area (Å²) in [6, 6.07) is 7.42. The van der Waals surface area contributed by atoms with Crippen LogP contribution in [0.25, 0.3) is 0 Å². The normalized spacial score (nSPS) is 9.83. The molecule has 1 aromatic carbocycles. The van der Waals surface area contributed by atoms with Gasteiger partial charge in [0.2, 0.25) is 0 Å². The third-order valence-electron chi connectivity index (χ3n) is 1.55. The van der Waals surface area contributed by atoms with Gasteiger partial charge in [-0.3, -0.25) is 0 Å². The molecule has 12 heavy (non-hydrogen) atoms. The molecule has 65 valence electrons. The van der Waals surface area contributed by atoms with Crippen LogP contribution >= 0.6 is 0 Å². The lowest BCUT2D eigenvalue weighted by Crippen LogP contribution is -1.91. The van der Waals surface area contributed by atoms with Gasteiger partial charge in [0.15, 0.2) is 0 Å². The van der Waals surface area contributed by atoms with Gasteiger partial charge in [-0.15, -0.1) is 0 Å². The van der Waals surface area contributed by atoms with Crippen LogP contribution in [0.1, 0.15) is 12.5 Å². The first-order valence-corrected chi connectivity index (χ1v) is 4.00. The highest BCUT2D eigenvalue weighted by Gasteiger charge is 1.93. The molecule has 0 unspecified atom stereocenters. The Balaban J connectivity index is 2.58. The number of benzene rings is 1. The van der Waals surface area contributed by atoms with Gasteiger partial charge >= 0.3 is 0 Å². The molecule has 1 aromatic rings. The zero-order chi connectivity index (χ0) is 8.81. The SMILES string of the molecule is CCOc1ccc(C[CH]F)cc1. The molecule has 0 spiro atoms. The molecule has 2 heteroatoms. The van der Waals surface area contributed by atoms with Crippen molar-refractivity contribution in [3.05, 3.63) is 36.5 Å². The van der Waals surface area contributed by atoms with E-state index in [4.69, 9.17) is 4.74 Å². The van der Waals surface area contributed by atoms with E-state index in [1.807, 2.05) is 31.2 Å². The third-order valence-corrected chi connectivity index (χ3v) is 1.55. The van der Waals surface area contributed by atoms with Gasteiger partial charge in [0, 0.05) is 6.42 Å². The Kier molecular flexibility index (Phi) is 3.58. The van der Waals surface area contributed by atoms with Crippen LogP contribution in [-0.2, 0) is 6.42 Å². The van der Waals surface area contributed by atoms with Crippen LogP contribution in [-0.4, -0.2) is 6.61 Å². The smallest absolute Gasteiger partial charge is 0.135 e. The molecule has 0 heterocycles. The van der Waals surface area contributed by atoms with Crippen LogP contribution in [0.2, 0.25) is 0 Å². The summed E-state index contributed by atoms with van der Waals surface area (Å²) in [6.07, 6.45) is 0.367. The Morgan fingerprint density at radius 1 is 1.33 bits per heavy atom. The summed E-state index contributed by atoms with van der Waals surface area (Å²) in [5.41, 5.74) is 0.959. The van der Waals surface area contributed by atoms with E-state index in [1.165, 1.54) is 0 Å². The Morgan fingerprint density at radius 3 is 2.50 bits per heavy atom. The maximum atomic E-state index is 11.8. The van der Waals surface area contributed by atoms with Crippen molar-refractivity contribution in [2.24, 2.45) is 0 Å². The topological polar surface area (TPSA) is 9.23 Å². The molecule has 0 aliphatic carbocycles. The Bertz CT molecular complexity index is 193. The largest absolute Gasteiger partial charge is 0.494 e. The minimum Gasteiger partial charge on any atom is -0.494 e. The molecule has 0 aliphatic heterocycles. The van der Waals surface area contributed by atoms with Gasteiger partial charge in [-0.05, 0) is 24.6 Å². The lowest BCUT2D eigenvalue weighted by atomic mass is 10.2. The van der Waals surface area contributed by atoms with E-state index in [1.54, 1.807) is 0 Å². The Morgan fingerprint density at radius 2 is 2.00 bits per heavy atom. The zero-order valence-corrected chi connectivity index (χ0v) is 7.09. The van der Waals surface area contributed by atoms with Gasteiger partial charge in [-0.25, -0.2) is 4.39 Å². The van der Waals surface area contributed by atoms with Crippen molar-refractivity contribution in [3.8, 4) is 5.75 Å². The van der Waals surface area contributed by atoms with Gasteiger partial charge in [0.1, 0.15) is 12.4 Å². The van der Waals surface area contributed by atoms with Crippen LogP contribution < -0.4 is 4.74 Å². The molecule has 0 saturated carbocycles. The minimum atomic E-state index is 0.367. The summed E-state index contributed by atoms with van der Waals surface area (Å²) in [7, 11) is 0. The van der Waals surface area contributed by atoms with Crippen molar-refractivity contribution < 1.29 is 9.13 Å². The fourth-order valence-electron chi connectivity index (χ4n) is 0.978. The highest BCUT2D eigenvalue weighted by atomic mass is 19.1. The van der Waals surface area contributed by atoms with Gasteiger partial charge < -0.3 is 4.74 Å². The van der Waals surface area contributed by atoms with Crippen molar-refractivity contribution in [1.29, 1.82) is 0 Å². The lowest BCUT2D eigenvalue weighted by Gasteiger charge is -2.02. The highest BCUT2D eigenvalue weighted by molar-refractivity contribution is 5.27. The van der Waals surface area contributed by atoms with E-state index >= 15 is 0 Å². The summed E-state index contributed by atoms with van der Waals surface area (Å²) in [5.74, 6) is 0.833. The number of ether oxygens (including phenoxy) is 1. The molecule has 0 aromatic heterocycles. The van der Waals surface area contributed by atoms with Crippen LogP contribution in [0.4, 0.5) is 4.39 Å². The number of hydrogen-bond donors (Lipinski definition) is 0. The first-order valence-electron chi connectivity index (χ1n) is 4.00. The molecule has 0 amide bonds. The van der Waals surface area contributed by atoms with Crippen LogP contribution in [0.3, 0.4) is 0 Å². The van der Waals surface area contributed by atoms with Gasteiger partial charge in [0.25, 0.3) is 0 Å². The van der Waals surface area contributed by atoms with E-state index in [0.29, 0.717) is 19.7 Å². The van der Waals surface area contributed by atoms with E-state index in [0.717, 1.165) is 11.3 Å². The highest BCUT2D eigenvalue weighted by Crippen LogP contribution is 2.12. The fourth-order valence-corrected chi connectivity index (χ4v) is 0.978. The predicted molar refractivity (Wildman–Crippen MR) is 46.7 cm³/mol. The third kappa shape index (κ3) is 2.53. The second kappa shape index (κ2) is 4.75. The maximum Gasteiger partial charge on any atom is 0.135 e. The summed E-state index contributed by atoms with van der Waals surface area (Å²) >= 11 is 0. The van der Waals surface area contributed by atoms with Crippen molar-refractivity contribution in [1.82, 2.24) is 0 Å². The van der Waals surface area contributed by atoms with Crippen molar-refractivity contribution >= 4 is 0 Å². The molecule has 0 aliphatic rings. The lowest BCUT2D eigenvalue weighted by molar-refractivity contribution is 0.340. The van der Waals surface area contributed by atoms with Crippen molar-refractivity contribution in [2.45, 2.75) is 13.3 Å². The second-order valence-electron chi connectivity index (χ2n) is 2.44. The molecule has 0 N–H and O–H groups in total. The van der Waals surface area contributed by atoms with E-state index in [2.05, 4.69) is 0 Å². The quantitative estimate of drug-likeness (QED) is 0.670. The molecular weight excluding hydrogens is 155 g/mol. The van der Waals surface area contributed by atoms with E-state index < -0.39 is 0 Å².